The summed E-state index contributed by atoms with van der Waals surface area (Å²) in [7, 11) is 0. The molecule has 4 nitrogen and oxygen atoms in total. The molecule has 0 aliphatic heterocycles. The summed E-state index contributed by atoms with van der Waals surface area (Å²) in [6, 6.07) is 9.98. The van der Waals surface area contributed by atoms with Crippen molar-refractivity contribution in [2.24, 2.45) is 0 Å². The second-order valence-corrected chi connectivity index (χ2v) is 5.02. The molecule has 24 heavy (non-hydrogen) atoms. The van der Waals surface area contributed by atoms with Gasteiger partial charge in [-0.25, -0.2) is 9.78 Å². The minimum atomic E-state index is -4.40. The molecule has 0 unspecified atom stereocenters. The summed E-state index contributed by atoms with van der Waals surface area (Å²) in [5.41, 5.74) is 0.930. The van der Waals surface area contributed by atoms with Crippen LogP contribution in [0.5, 0.6) is 0 Å². The minimum absolute atomic E-state index is 0.378. The second-order valence-electron chi connectivity index (χ2n) is 5.02. The number of pyridine rings is 1. The van der Waals surface area contributed by atoms with Crippen molar-refractivity contribution in [3.63, 3.8) is 0 Å². The minimum Gasteiger partial charge on any atom is -0.478 e. The van der Waals surface area contributed by atoms with Crippen LogP contribution in [0.2, 0.25) is 0 Å². The van der Waals surface area contributed by atoms with Gasteiger partial charge in [-0.3, -0.25) is 4.40 Å². The fraction of sp³-hybridized carbons (Fsp3) is 0.0588. The molecule has 0 atom stereocenters. The third-order valence-corrected chi connectivity index (χ3v) is 3.44. The number of nitrogens with zero attached hydrogens (tertiary/aromatic N) is 2. The van der Waals surface area contributed by atoms with E-state index >= 15 is 0 Å². The van der Waals surface area contributed by atoms with Crippen LogP contribution in [0, 0.1) is 0 Å². The molecule has 1 aromatic carbocycles. The zero-order chi connectivity index (χ0) is 17.3. The van der Waals surface area contributed by atoms with Gasteiger partial charge in [-0.2, -0.15) is 13.2 Å². The summed E-state index contributed by atoms with van der Waals surface area (Å²) in [5, 5.41) is 8.75. The maximum Gasteiger partial charge on any atom is 0.416 e. The van der Waals surface area contributed by atoms with Crippen molar-refractivity contribution < 1.29 is 23.1 Å². The Morgan fingerprint density at radius 2 is 1.83 bits per heavy atom. The van der Waals surface area contributed by atoms with Crippen LogP contribution >= 0.6 is 0 Å². The van der Waals surface area contributed by atoms with E-state index in [1.807, 2.05) is 0 Å². The van der Waals surface area contributed by atoms with Gasteiger partial charge in [0.1, 0.15) is 5.82 Å². The number of hydrogen-bond acceptors (Lipinski definition) is 2. The largest absolute Gasteiger partial charge is 0.478 e. The Morgan fingerprint density at radius 3 is 2.46 bits per heavy atom. The quantitative estimate of drug-likeness (QED) is 0.734. The van der Waals surface area contributed by atoms with Crippen LogP contribution in [0.15, 0.2) is 54.7 Å². The van der Waals surface area contributed by atoms with Gasteiger partial charge in [0.05, 0.1) is 16.8 Å². The van der Waals surface area contributed by atoms with Crippen LogP contribution < -0.4 is 0 Å². The van der Waals surface area contributed by atoms with Crippen molar-refractivity contribution in [2.75, 3.05) is 0 Å². The van der Waals surface area contributed by atoms with Crippen LogP contribution in [0.4, 0.5) is 13.2 Å². The molecule has 7 heteroatoms. The number of rotatable bonds is 3. The highest BCUT2D eigenvalue weighted by Crippen LogP contribution is 2.32. The lowest BCUT2D eigenvalue weighted by Crippen LogP contribution is -2.04. The van der Waals surface area contributed by atoms with E-state index < -0.39 is 17.7 Å². The van der Waals surface area contributed by atoms with Crippen LogP contribution in [0.3, 0.4) is 0 Å². The van der Waals surface area contributed by atoms with Crippen molar-refractivity contribution in [1.29, 1.82) is 0 Å². The van der Waals surface area contributed by atoms with E-state index in [4.69, 9.17) is 5.11 Å². The molecule has 0 saturated carbocycles. The molecule has 0 aliphatic rings. The first-order chi connectivity index (χ1) is 11.4. The third kappa shape index (κ3) is 3.01. The van der Waals surface area contributed by atoms with Crippen LogP contribution in [-0.2, 0) is 11.0 Å². The summed E-state index contributed by atoms with van der Waals surface area (Å²) >= 11 is 0. The standard InChI is InChI=1S/C17H11F3N2O2/c18-17(19,20)12-6-4-11(5-7-12)16-13-3-1-2-10-22(13)14(21-16)8-9-15(23)24/h1-10H,(H,23,24)/b9-8+. The number of carboxylic acid groups (broad SMARTS) is 1. The molecule has 0 amide bonds. The van der Waals surface area contributed by atoms with E-state index in [0.29, 0.717) is 22.6 Å². The Kier molecular flexibility index (Phi) is 3.84. The fourth-order valence-electron chi connectivity index (χ4n) is 2.35. The third-order valence-electron chi connectivity index (χ3n) is 3.44. The highest BCUT2D eigenvalue weighted by Gasteiger charge is 2.30. The Morgan fingerprint density at radius 1 is 1.12 bits per heavy atom. The number of alkyl halides is 3. The van der Waals surface area contributed by atoms with E-state index in [1.165, 1.54) is 18.2 Å². The lowest BCUT2D eigenvalue weighted by atomic mass is 10.1. The molecule has 3 rings (SSSR count). The number of aromatic nitrogens is 2. The van der Waals surface area contributed by atoms with E-state index in [1.54, 1.807) is 28.8 Å². The molecule has 0 spiro atoms. The van der Waals surface area contributed by atoms with Gasteiger partial charge in [0.25, 0.3) is 0 Å². The lowest BCUT2D eigenvalue weighted by Gasteiger charge is -2.06. The summed E-state index contributed by atoms with van der Waals surface area (Å²) in [6.07, 6.45) is -0.400. The van der Waals surface area contributed by atoms with E-state index in [2.05, 4.69) is 4.98 Å². The van der Waals surface area contributed by atoms with E-state index in [-0.39, 0.29) is 0 Å². The molecular formula is C17H11F3N2O2. The van der Waals surface area contributed by atoms with Crippen molar-refractivity contribution >= 4 is 17.6 Å². The number of carbonyl (C=O) groups is 1. The van der Waals surface area contributed by atoms with Gasteiger partial charge in [0.15, 0.2) is 0 Å². The van der Waals surface area contributed by atoms with Crippen LogP contribution in [0.25, 0.3) is 22.9 Å². The van der Waals surface area contributed by atoms with Crippen molar-refractivity contribution in [1.82, 2.24) is 9.38 Å². The predicted molar refractivity (Wildman–Crippen MR) is 82.3 cm³/mol. The van der Waals surface area contributed by atoms with E-state index in [0.717, 1.165) is 18.2 Å². The molecule has 1 N–H and O–H groups in total. The number of hydrogen-bond donors (Lipinski definition) is 1. The van der Waals surface area contributed by atoms with Gasteiger partial charge in [-0.1, -0.05) is 18.2 Å². The summed E-state index contributed by atoms with van der Waals surface area (Å²) in [6.45, 7) is 0. The van der Waals surface area contributed by atoms with Gasteiger partial charge < -0.3 is 5.11 Å². The number of fused-ring (bicyclic) bond motifs is 1. The molecule has 0 bridgehead atoms. The first-order valence-corrected chi connectivity index (χ1v) is 6.92. The van der Waals surface area contributed by atoms with Gasteiger partial charge in [-0.05, 0) is 30.3 Å². The molecule has 0 fully saturated rings. The van der Waals surface area contributed by atoms with Gasteiger partial charge >= 0.3 is 12.1 Å². The zero-order valence-electron chi connectivity index (χ0n) is 12.2. The Labute approximate surface area is 134 Å². The zero-order valence-corrected chi connectivity index (χ0v) is 12.2. The monoisotopic (exact) mass is 332 g/mol. The van der Waals surface area contributed by atoms with Crippen LogP contribution in [-0.4, -0.2) is 20.5 Å². The maximum absolute atomic E-state index is 12.7. The second kappa shape index (κ2) is 5.84. The molecule has 0 aliphatic carbocycles. The Balaban J connectivity index is 2.11. The predicted octanol–water partition coefficient (Wildman–Crippen LogP) is 4.12. The maximum atomic E-state index is 12.7. The molecule has 3 aromatic rings. The highest BCUT2D eigenvalue weighted by atomic mass is 19.4. The van der Waals surface area contributed by atoms with Gasteiger partial charge in [0.2, 0.25) is 0 Å². The normalized spacial score (nSPS) is 12.1. The van der Waals surface area contributed by atoms with E-state index in [9.17, 15) is 18.0 Å². The van der Waals surface area contributed by atoms with Gasteiger partial charge in [0, 0.05) is 17.8 Å². The summed E-state index contributed by atoms with van der Waals surface area (Å²) in [5.74, 6) is -0.735. The molecule has 0 radical (unpaired) electrons. The van der Waals surface area contributed by atoms with Gasteiger partial charge in [-0.15, -0.1) is 0 Å². The number of aliphatic carboxylic acids is 1. The average molecular weight is 332 g/mol. The smallest absolute Gasteiger partial charge is 0.416 e. The van der Waals surface area contributed by atoms with Crippen molar-refractivity contribution in [3.05, 3.63) is 66.1 Å². The molecule has 2 aromatic heterocycles. The Bertz CT molecular complexity index is 925. The van der Waals surface area contributed by atoms with Crippen LogP contribution in [0.1, 0.15) is 11.4 Å². The molecule has 0 saturated heterocycles. The fourth-order valence-corrected chi connectivity index (χ4v) is 2.35. The Hall–Kier alpha value is -3.09. The molecule has 122 valence electrons. The first-order valence-electron chi connectivity index (χ1n) is 6.92. The van der Waals surface area contributed by atoms with Crippen molar-refractivity contribution in [2.45, 2.75) is 6.18 Å². The summed E-state index contributed by atoms with van der Waals surface area (Å²) < 4.78 is 39.7. The summed E-state index contributed by atoms with van der Waals surface area (Å²) in [4.78, 5) is 15.0. The molecule has 2 heterocycles. The number of imidazole rings is 1. The number of benzene rings is 1. The molecular weight excluding hydrogens is 321 g/mol. The average Bonchev–Trinajstić information content (AvgIpc) is 2.91. The number of halogens is 3. The van der Waals surface area contributed by atoms with Crippen molar-refractivity contribution in [3.8, 4) is 11.3 Å². The SMILES string of the molecule is O=C(O)/C=C/c1nc(-c2ccc(C(F)(F)F)cc2)c2ccccn12. The lowest BCUT2D eigenvalue weighted by molar-refractivity contribution is -0.137. The highest BCUT2D eigenvalue weighted by molar-refractivity contribution is 5.86. The number of carboxylic acids is 1. The topological polar surface area (TPSA) is 54.6 Å². The first kappa shape index (κ1) is 15.8.